The van der Waals surface area contributed by atoms with Crippen LogP contribution >= 0.6 is 0 Å². The predicted octanol–water partition coefficient (Wildman–Crippen LogP) is 29.0. The summed E-state index contributed by atoms with van der Waals surface area (Å²) in [5.74, 6) is -10.6. The normalized spacial score (nSPS) is 16.6. The molecule has 0 atom stereocenters. The maximum absolute atomic E-state index is 12.2. The average molecular weight is 1920 g/mol. The molecule has 16 aromatic rings. The molecule has 2 aliphatic rings. The minimum absolute atomic E-state index is 0.203. The zero-order chi connectivity index (χ0) is 102. The second-order valence-corrected chi connectivity index (χ2v) is 40.5. The van der Waals surface area contributed by atoms with E-state index in [0.717, 1.165) is 95.9 Å². The number of phenols is 16. The van der Waals surface area contributed by atoms with Crippen LogP contribution in [0.4, 0.5) is 0 Å². The Bertz CT molecular complexity index is 6290. The molecule has 0 saturated carbocycles. The molecule has 0 fully saturated rings. The Morgan fingerprint density at radius 2 is 0.243 bits per heavy atom. The first-order valence-corrected chi connectivity index (χ1v) is 50.3. The molecular formula is C128H128O16. The first-order valence-electron chi connectivity index (χ1n) is 50.3. The van der Waals surface area contributed by atoms with Crippen LogP contribution in [0.15, 0.2) is 291 Å². The fraction of sp³-hybridized carbons (Fsp3) is 0.250. The average Bonchev–Trinajstić information content (AvgIpc) is 0.738. The highest BCUT2D eigenvalue weighted by Crippen LogP contribution is 2.59. The molecule has 0 radical (unpaired) electrons. The highest BCUT2D eigenvalue weighted by molar-refractivity contribution is 5.72. The first kappa shape index (κ1) is 99.9. The number of phenolic OH excluding ortho intramolecular Hbond substituents is 16. The van der Waals surface area contributed by atoms with Gasteiger partial charge in [-0.05, 0) is 187 Å². The molecule has 0 unspecified atom stereocenters. The molecule has 16 nitrogen and oxygen atoms in total. The van der Waals surface area contributed by atoms with Crippen LogP contribution in [0.3, 0.4) is 0 Å². The van der Waals surface area contributed by atoms with Crippen LogP contribution in [0, 0.1) is 0 Å². The molecule has 0 amide bonds. The van der Waals surface area contributed by atoms with Crippen LogP contribution in [-0.4, -0.2) is 81.7 Å². The summed E-state index contributed by atoms with van der Waals surface area (Å²) in [5.41, 5.74) is 19.4. The molecule has 0 aromatic heterocycles. The Morgan fingerprint density at radius 1 is 0.146 bits per heavy atom. The van der Waals surface area contributed by atoms with Gasteiger partial charge in [0.25, 0.3) is 0 Å². The van der Waals surface area contributed by atoms with E-state index in [0.29, 0.717) is 134 Å². The SMILES string of the molecule is CC(C)c1ccc(C2c3cc(c(O)cc3O)C(c3ccc(C(C)C)cc3)c3cc(c(O)cc3O)C(c3ccc(C(C)C)cc3)c3cc(c(O)cc3O)C(c3ccc(C(C)C)cc3)c3cc2c(O)cc3O)cc1.CCCc1ccc(C2c3cc(c(O)cc3O)C(c3ccc(CCC)cc3)c3cc(c(O)cc3O)C(c3ccc(CCC)cc3)c3cc(c(O)cc3O)C(c3ccc(CCC)cc3)c3cc2c(O)cc3O)cc1. The predicted molar refractivity (Wildman–Crippen MR) is 570 cm³/mol. The van der Waals surface area contributed by atoms with Gasteiger partial charge in [0.05, 0.1) is 0 Å². The summed E-state index contributed by atoms with van der Waals surface area (Å²) in [7, 11) is 0. The van der Waals surface area contributed by atoms with Crippen molar-refractivity contribution in [1.82, 2.24) is 0 Å². The van der Waals surface area contributed by atoms with Crippen molar-refractivity contribution in [3.63, 3.8) is 0 Å². The molecule has 0 saturated heterocycles. The monoisotopic (exact) mass is 1920 g/mol. The zero-order valence-corrected chi connectivity index (χ0v) is 83.5. The summed E-state index contributed by atoms with van der Waals surface area (Å²) >= 11 is 0. The van der Waals surface area contributed by atoms with E-state index in [-0.39, 0.29) is 116 Å². The van der Waals surface area contributed by atoms with Crippen molar-refractivity contribution in [2.24, 2.45) is 0 Å². The second-order valence-electron chi connectivity index (χ2n) is 40.5. The lowest BCUT2D eigenvalue weighted by atomic mass is 9.74. The minimum Gasteiger partial charge on any atom is -0.507 e. The van der Waals surface area contributed by atoms with Gasteiger partial charge in [-0.1, -0.05) is 303 Å². The lowest BCUT2D eigenvalue weighted by Crippen LogP contribution is -2.13. The summed E-state index contributed by atoms with van der Waals surface area (Å²) < 4.78 is 0. The molecule has 16 N–H and O–H groups in total. The van der Waals surface area contributed by atoms with Gasteiger partial charge in [0, 0.05) is 185 Å². The van der Waals surface area contributed by atoms with Crippen molar-refractivity contribution in [2.45, 2.75) is 205 Å². The van der Waals surface area contributed by atoms with E-state index in [1.54, 1.807) is 48.5 Å². The smallest absolute Gasteiger partial charge is 0.123 e. The van der Waals surface area contributed by atoms with E-state index in [1.807, 2.05) is 194 Å². The summed E-state index contributed by atoms with van der Waals surface area (Å²) in [6.45, 7) is 25.2. The van der Waals surface area contributed by atoms with Crippen LogP contribution in [0.25, 0.3) is 0 Å². The highest BCUT2D eigenvalue weighted by Gasteiger charge is 2.40. The van der Waals surface area contributed by atoms with Gasteiger partial charge in [-0.2, -0.15) is 0 Å². The first-order chi connectivity index (χ1) is 69.1. The van der Waals surface area contributed by atoms with Crippen molar-refractivity contribution in [2.75, 3.05) is 0 Å². The van der Waals surface area contributed by atoms with Gasteiger partial charge in [-0.25, -0.2) is 0 Å². The van der Waals surface area contributed by atoms with Gasteiger partial charge >= 0.3 is 0 Å². The molecule has 0 spiro atoms. The third-order valence-electron chi connectivity index (χ3n) is 29.5. The number of rotatable bonds is 20. The lowest BCUT2D eigenvalue weighted by Gasteiger charge is -2.30. The standard InChI is InChI=1S/2C64H64O8/c1-33(2)37-9-17-41(18-10-37)61-45-25-47(55(67)29-53(45)65)62(42-19-11-38(12-20-42)34(3)4)49-27-51(59(71)31-57(49)69)64(44-23-15-40(16-24-44)36(7)8)52-28-50(58(70)32-60(52)72)63(43-21-13-39(14-22-43)35(5)6)48-26-46(61)54(66)30-56(48)68;1-5-9-37-13-21-41(22-14-37)61-45-29-47(55(67)33-53(45)65)62(42-23-15-38(10-6-2)16-24-42)49-31-51(59(71)35-57(49)69)64(44-27-19-40(12-8-4)20-28-44)52-32-50(58(70)36-60(52)72)63(43-25-17-39(11-7-3)18-26-43)48-30-46(61)54(66)34-56(48)68/h9-36,61-72H,1-8H3;13-36,61-72H,5-12H2,1-4H3. The van der Waals surface area contributed by atoms with Crippen LogP contribution in [0.5, 0.6) is 92.0 Å². The second kappa shape index (κ2) is 41.9. The summed E-state index contributed by atoms with van der Waals surface area (Å²) in [4.78, 5) is 0. The van der Waals surface area contributed by atoms with Gasteiger partial charge in [0.2, 0.25) is 0 Å². The van der Waals surface area contributed by atoms with Crippen LogP contribution in [0.1, 0.15) is 358 Å². The zero-order valence-electron chi connectivity index (χ0n) is 83.5. The van der Waals surface area contributed by atoms with E-state index in [9.17, 15) is 81.7 Å². The Labute approximate surface area is 843 Å². The molecule has 16 heteroatoms. The van der Waals surface area contributed by atoms with Crippen molar-refractivity contribution in [3.05, 3.63) is 469 Å². The molecule has 736 valence electrons. The van der Waals surface area contributed by atoms with Gasteiger partial charge in [0.1, 0.15) is 92.0 Å². The Balaban J connectivity index is 0.000000198. The lowest BCUT2D eigenvalue weighted by molar-refractivity contribution is 0.427. The van der Waals surface area contributed by atoms with Crippen LogP contribution < -0.4 is 0 Å². The number of fused-ring (bicyclic) bond motifs is 16. The van der Waals surface area contributed by atoms with E-state index >= 15 is 0 Å². The van der Waals surface area contributed by atoms with Gasteiger partial charge < -0.3 is 81.7 Å². The van der Waals surface area contributed by atoms with Crippen molar-refractivity contribution in [1.29, 1.82) is 0 Å². The minimum atomic E-state index is -0.920. The molecule has 2 aliphatic carbocycles. The van der Waals surface area contributed by atoms with Crippen molar-refractivity contribution >= 4 is 0 Å². The Morgan fingerprint density at radius 3 is 0.333 bits per heavy atom. The largest absolute Gasteiger partial charge is 0.507 e. The quantitative estimate of drug-likeness (QED) is 0.0337. The van der Waals surface area contributed by atoms with E-state index in [4.69, 9.17) is 0 Å². The Kier molecular flexibility index (Phi) is 29.0. The summed E-state index contributed by atoms with van der Waals surface area (Å²) in [5, 5.41) is 195. The number of aromatic hydroxyl groups is 16. The summed E-state index contributed by atoms with van der Waals surface area (Å²) in [6, 6.07) is 87.6. The maximum Gasteiger partial charge on any atom is 0.123 e. The number of aryl methyl sites for hydroxylation is 4. The number of benzene rings is 16. The van der Waals surface area contributed by atoms with Crippen molar-refractivity contribution in [3.8, 4) is 92.0 Å². The van der Waals surface area contributed by atoms with Gasteiger partial charge in [-0.15, -0.1) is 0 Å². The fourth-order valence-electron chi connectivity index (χ4n) is 21.8. The fourth-order valence-corrected chi connectivity index (χ4v) is 21.8. The third kappa shape index (κ3) is 19.8. The highest BCUT2D eigenvalue weighted by atomic mass is 16.3. The Hall–Kier alpha value is -15.7. The number of hydrogen-bond donors (Lipinski definition) is 16. The molecule has 144 heavy (non-hydrogen) atoms. The van der Waals surface area contributed by atoms with Crippen LogP contribution in [0.2, 0.25) is 0 Å². The van der Waals surface area contributed by atoms with E-state index in [1.165, 1.54) is 48.5 Å². The molecular weight excluding hydrogens is 1790 g/mol. The van der Waals surface area contributed by atoms with Gasteiger partial charge in [-0.3, -0.25) is 0 Å². The molecule has 16 bridgehead atoms. The maximum atomic E-state index is 12.2. The topological polar surface area (TPSA) is 324 Å². The van der Waals surface area contributed by atoms with Gasteiger partial charge in [0.15, 0.2) is 0 Å². The summed E-state index contributed by atoms with van der Waals surface area (Å²) in [6.07, 6.45) is 7.08. The molecule has 18 rings (SSSR count). The van der Waals surface area contributed by atoms with Crippen LogP contribution in [-0.2, 0) is 25.7 Å². The van der Waals surface area contributed by atoms with E-state index in [2.05, 4.69) is 83.1 Å². The molecule has 0 aliphatic heterocycles. The molecule has 16 aromatic carbocycles. The van der Waals surface area contributed by atoms with Crippen molar-refractivity contribution < 1.29 is 81.7 Å². The van der Waals surface area contributed by atoms with E-state index < -0.39 is 47.3 Å². The number of hydrogen-bond acceptors (Lipinski definition) is 16. The third-order valence-corrected chi connectivity index (χ3v) is 29.5. The molecule has 0 heterocycles.